The number of anilines is 1. The third kappa shape index (κ3) is 2.15. The zero-order valence-corrected chi connectivity index (χ0v) is 11.3. The lowest BCUT2D eigenvalue weighted by Crippen LogP contribution is -2.02. The molecular weight excluding hydrogens is 238 g/mol. The Kier molecular flexibility index (Phi) is 3.66. The second kappa shape index (κ2) is 5.01. The molecule has 0 radical (unpaired) electrons. The fourth-order valence-corrected chi connectivity index (χ4v) is 3.10. The Labute approximate surface area is 104 Å². The first-order valence-electron chi connectivity index (χ1n) is 5.36. The van der Waals surface area contributed by atoms with Crippen LogP contribution in [0, 0.1) is 0 Å². The molecule has 0 amide bonds. The maximum Gasteiger partial charge on any atom is 0.225 e. The predicted molar refractivity (Wildman–Crippen MR) is 72.7 cm³/mol. The summed E-state index contributed by atoms with van der Waals surface area (Å²) in [5.41, 5.74) is 0. The van der Waals surface area contributed by atoms with Gasteiger partial charge in [0.05, 0.1) is 0 Å². The number of rotatable bonds is 4. The van der Waals surface area contributed by atoms with E-state index in [1.165, 1.54) is 10.3 Å². The van der Waals surface area contributed by atoms with Crippen LogP contribution in [-0.2, 0) is 6.42 Å². The van der Waals surface area contributed by atoms with E-state index in [1.54, 1.807) is 23.1 Å². The summed E-state index contributed by atoms with van der Waals surface area (Å²) in [6.07, 6.45) is 3.12. The van der Waals surface area contributed by atoms with E-state index in [-0.39, 0.29) is 0 Å². The molecule has 0 bridgehead atoms. The Morgan fingerprint density at radius 3 is 2.81 bits per heavy atom. The number of nitrogens with one attached hydrogen (secondary N) is 1. The van der Waals surface area contributed by atoms with Crippen LogP contribution >= 0.6 is 23.1 Å². The molecule has 0 aliphatic heterocycles. The van der Waals surface area contributed by atoms with Crippen LogP contribution in [0.1, 0.15) is 18.7 Å². The van der Waals surface area contributed by atoms with Crippen molar-refractivity contribution in [2.24, 2.45) is 0 Å². The molecule has 0 atom stereocenters. The van der Waals surface area contributed by atoms with Gasteiger partial charge in [-0.25, -0.2) is 9.97 Å². The van der Waals surface area contributed by atoms with Crippen molar-refractivity contribution in [2.75, 3.05) is 18.1 Å². The fourth-order valence-electron chi connectivity index (χ4n) is 1.51. The van der Waals surface area contributed by atoms with Crippen LogP contribution in [0.4, 0.5) is 5.95 Å². The van der Waals surface area contributed by atoms with Crippen molar-refractivity contribution in [3.63, 3.8) is 0 Å². The molecule has 0 fully saturated rings. The average Bonchev–Trinajstić information content (AvgIpc) is 2.71. The Morgan fingerprint density at radius 1 is 1.38 bits per heavy atom. The van der Waals surface area contributed by atoms with Gasteiger partial charge >= 0.3 is 0 Å². The molecule has 2 aromatic rings. The van der Waals surface area contributed by atoms with Crippen molar-refractivity contribution >= 4 is 39.3 Å². The Hall–Kier alpha value is -0.810. The van der Waals surface area contributed by atoms with Gasteiger partial charge in [0, 0.05) is 16.8 Å². The first kappa shape index (κ1) is 11.7. The highest BCUT2D eigenvalue weighted by atomic mass is 32.2. The standard InChI is InChI=1S/C11H15N3S2/c1-4-7-6-8-9(15-3)13-11(12-5-2)14-10(8)16-7/h6H,4-5H2,1-3H3,(H,12,13,14). The molecule has 0 aliphatic rings. The summed E-state index contributed by atoms with van der Waals surface area (Å²) in [6, 6.07) is 2.21. The summed E-state index contributed by atoms with van der Waals surface area (Å²) in [5.74, 6) is 0.740. The van der Waals surface area contributed by atoms with E-state index >= 15 is 0 Å². The quantitative estimate of drug-likeness (QED) is 0.669. The van der Waals surface area contributed by atoms with Gasteiger partial charge in [0.2, 0.25) is 5.95 Å². The van der Waals surface area contributed by atoms with E-state index in [0.717, 1.165) is 28.8 Å². The number of hydrogen-bond donors (Lipinski definition) is 1. The highest BCUT2D eigenvalue weighted by Crippen LogP contribution is 2.31. The number of aromatic nitrogens is 2. The van der Waals surface area contributed by atoms with Gasteiger partial charge in [0.15, 0.2) is 0 Å². The highest BCUT2D eigenvalue weighted by molar-refractivity contribution is 7.98. The number of aryl methyl sites for hydroxylation is 1. The molecule has 5 heteroatoms. The van der Waals surface area contributed by atoms with E-state index in [2.05, 4.69) is 41.5 Å². The van der Waals surface area contributed by atoms with Crippen molar-refractivity contribution in [1.29, 1.82) is 0 Å². The van der Waals surface area contributed by atoms with Gasteiger partial charge < -0.3 is 5.32 Å². The van der Waals surface area contributed by atoms with Gasteiger partial charge in [0.25, 0.3) is 0 Å². The predicted octanol–water partition coefficient (Wildman–Crippen LogP) is 3.41. The Bertz CT molecular complexity index is 493. The number of nitrogens with zero attached hydrogens (tertiary/aromatic N) is 2. The van der Waals surface area contributed by atoms with Crippen LogP contribution in [-0.4, -0.2) is 22.8 Å². The topological polar surface area (TPSA) is 37.8 Å². The van der Waals surface area contributed by atoms with Crippen LogP contribution in [0.3, 0.4) is 0 Å². The summed E-state index contributed by atoms with van der Waals surface area (Å²) in [7, 11) is 0. The molecule has 3 nitrogen and oxygen atoms in total. The third-order valence-corrected chi connectivity index (χ3v) is 4.16. The second-order valence-electron chi connectivity index (χ2n) is 3.37. The molecule has 0 aliphatic carbocycles. The molecule has 2 heterocycles. The number of fused-ring (bicyclic) bond motifs is 1. The summed E-state index contributed by atoms with van der Waals surface area (Å²) < 4.78 is 0. The van der Waals surface area contributed by atoms with Crippen molar-refractivity contribution in [3.05, 3.63) is 10.9 Å². The van der Waals surface area contributed by atoms with Gasteiger partial charge in [-0.05, 0) is 25.7 Å². The Balaban J connectivity index is 2.56. The number of hydrogen-bond acceptors (Lipinski definition) is 5. The van der Waals surface area contributed by atoms with E-state index in [1.807, 2.05) is 0 Å². The zero-order valence-electron chi connectivity index (χ0n) is 9.70. The van der Waals surface area contributed by atoms with Crippen molar-refractivity contribution < 1.29 is 0 Å². The van der Waals surface area contributed by atoms with E-state index < -0.39 is 0 Å². The third-order valence-electron chi connectivity index (χ3n) is 2.29. The van der Waals surface area contributed by atoms with Gasteiger partial charge in [-0.3, -0.25) is 0 Å². The molecule has 0 spiro atoms. The highest BCUT2D eigenvalue weighted by Gasteiger charge is 2.09. The summed E-state index contributed by atoms with van der Waals surface area (Å²) in [5, 5.41) is 5.43. The van der Waals surface area contributed by atoms with Crippen LogP contribution in [0.2, 0.25) is 0 Å². The fraction of sp³-hybridized carbons (Fsp3) is 0.455. The molecule has 2 aromatic heterocycles. The van der Waals surface area contributed by atoms with Crippen LogP contribution in [0.15, 0.2) is 11.1 Å². The SMILES string of the molecule is CCNc1nc(SC)c2cc(CC)sc2n1. The molecule has 16 heavy (non-hydrogen) atoms. The largest absolute Gasteiger partial charge is 0.354 e. The zero-order chi connectivity index (χ0) is 11.5. The second-order valence-corrected chi connectivity index (χ2v) is 5.28. The summed E-state index contributed by atoms with van der Waals surface area (Å²) >= 11 is 3.44. The van der Waals surface area contributed by atoms with Crippen molar-refractivity contribution in [1.82, 2.24) is 9.97 Å². The summed E-state index contributed by atoms with van der Waals surface area (Å²) in [6.45, 7) is 5.08. The Morgan fingerprint density at radius 2 is 2.19 bits per heavy atom. The molecule has 0 saturated carbocycles. The van der Waals surface area contributed by atoms with E-state index in [9.17, 15) is 0 Å². The lowest BCUT2D eigenvalue weighted by Gasteiger charge is -2.03. The maximum atomic E-state index is 4.53. The van der Waals surface area contributed by atoms with Gasteiger partial charge in [-0.15, -0.1) is 23.1 Å². The van der Waals surface area contributed by atoms with Crippen molar-refractivity contribution in [3.8, 4) is 0 Å². The first-order chi connectivity index (χ1) is 7.78. The van der Waals surface area contributed by atoms with Crippen LogP contribution < -0.4 is 5.32 Å². The van der Waals surface area contributed by atoms with E-state index in [4.69, 9.17) is 0 Å². The number of thioether (sulfide) groups is 1. The lowest BCUT2D eigenvalue weighted by atomic mass is 10.3. The smallest absolute Gasteiger partial charge is 0.225 e. The molecule has 0 aromatic carbocycles. The molecule has 0 unspecified atom stereocenters. The van der Waals surface area contributed by atoms with E-state index in [0.29, 0.717) is 0 Å². The van der Waals surface area contributed by atoms with Gasteiger partial charge in [-0.2, -0.15) is 0 Å². The minimum Gasteiger partial charge on any atom is -0.354 e. The molecule has 0 saturated heterocycles. The van der Waals surface area contributed by atoms with Crippen LogP contribution in [0.25, 0.3) is 10.2 Å². The molecule has 2 rings (SSSR count). The first-order valence-corrected chi connectivity index (χ1v) is 7.40. The van der Waals surface area contributed by atoms with Crippen molar-refractivity contribution in [2.45, 2.75) is 25.3 Å². The molecular formula is C11H15N3S2. The monoisotopic (exact) mass is 253 g/mol. The minimum atomic E-state index is 0.740. The normalized spacial score (nSPS) is 10.9. The van der Waals surface area contributed by atoms with Gasteiger partial charge in [0.1, 0.15) is 9.86 Å². The van der Waals surface area contributed by atoms with Crippen LogP contribution in [0.5, 0.6) is 0 Å². The van der Waals surface area contributed by atoms with Gasteiger partial charge in [-0.1, -0.05) is 6.92 Å². The average molecular weight is 253 g/mol. The minimum absolute atomic E-state index is 0.740. The molecule has 86 valence electrons. The maximum absolute atomic E-state index is 4.53. The summed E-state index contributed by atoms with van der Waals surface area (Å²) in [4.78, 5) is 11.5. The number of thiophene rings is 1. The molecule has 1 N–H and O–H groups in total. The lowest BCUT2D eigenvalue weighted by molar-refractivity contribution is 1.06.